The molecule has 0 saturated heterocycles. The predicted molar refractivity (Wildman–Crippen MR) is 258 cm³/mol. The van der Waals surface area contributed by atoms with Crippen molar-refractivity contribution in [2.45, 2.75) is 29.1 Å². The SMILES string of the molecule is CC1(C)c2ccccc2-c2cc(-n3c4ccc(-c5ccc6c7ccccc7n(-c7nc8c9c(cccc9n7)Sc7ccccc7-8)c6c5)cc4c4ccc5ccccc5c43)ccc21. The Bertz CT molecular complexity index is 3940. The fourth-order valence-electron chi connectivity index (χ4n) is 10.8. The van der Waals surface area contributed by atoms with E-state index >= 15 is 0 Å². The summed E-state index contributed by atoms with van der Waals surface area (Å²) in [6, 6.07) is 67.0. The van der Waals surface area contributed by atoms with Crippen molar-refractivity contribution in [3.63, 3.8) is 0 Å². The summed E-state index contributed by atoms with van der Waals surface area (Å²) in [5.74, 6) is 0.681. The Morgan fingerprint density at radius 2 is 1.16 bits per heavy atom. The zero-order valence-electron chi connectivity index (χ0n) is 34.0. The van der Waals surface area contributed by atoms with E-state index < -0.39 is 0 Å². The maximum atomic E-state index is 5.43. The molecular formula is C57H36N4S. The standard InChI is InChI=1S/C57H36N4S/c1-57(2)45-17-8-5-14-38(45)43-32-36(25-28-46(43)57)60-49-29-24-34(30-44(49)41-27-22-33-12-3-4-13-37(33)55(41)60)35-23-26-40-39-15-6-9-19-48(39)61(50(40)31-35)56-58-47-18-11-21-52-53(47)54(59-56)42-16-7-10-20-51(42)62-52/h3-32H,1-2H3. The Morgan fingerprint density at radius 3 is 2.10 bits per heavy atom. The van der Waals surface area contributed by atoms with Gasteiger partial charge in [0, 0.05) is 58.8 Å². The lowest BCUT2D eigenvalue weighted by molar-refractivity contribution is 0.660. The number of rotatable bonds is 3. The molecule has 290 valence electrons. The highest BCUT2D eigenvalue weighted by Gasteiger charge is 2.35. The number of hydrogen-bond donors (Lipinski definition) is 0. The molecule has 0 bridgehead atoms. The van der Waals surface area contributed by atoms with Gasteiger partial charge in [0.1, 0.15) is 0 Å². The average molecular weight is 809 g/mol. The molecule has 2 aliphatic rings. The molecule has 62 heavy (non-hydrogen) atoms. The van der Waals surface area contributed by atoms with Gasteiger partial charge in [-0.1, -0.05) is 153 Å². The van der Waals surface area contributed by atoms with E-state index in [1.165, 1.54) is 81.1 Å². The van der Waals surface area contributed by atoms with E-state index in [1.54, 1.807) is 11.8 Å². The topological polar surface area (TPSA) is 35.6 Å². The van der Waals surface area contributed by atoms with Gasteiger partial charge >= 0.3 is 0 Å². The molecular weight excluding hydrogens is 773 g/mol. The first-order chi connectivity index (χ1) is 30.5. The number of nitrogens with zero attached hydrogens (tertiary/aromatic N) is 4. The second-order valence-electron chi connectivity index (χ2n) is 17.4. The second-order valence-corrected chi connectivity index (χ2v) is 18.4. The maximum Gasteiger partial charge on any atom is 0.235 e. The zero-order chi connectivity index (χ0) is 40.8. The van der Waals surface area contributed by atoms with Crippen LogP contribution in [-0.2, 0) is 5.41 Å². The molecule has 9 aromatic carbocycles. The minimum atomic E-state index is -0.0509. The van der Waals surface area contributed by atoms with Crippen molar-refractivity contribution in [3.05, 3.63) is 193 Å². The predicted octanol–water partition coefficient (Wildman–Crippen LogP) is 15.1. The lowest BCUT2D eigenvalue weighted by atomic mass is 9.82. The molecule has 1 aliphatic carbocycles. The third-order valence-electron chi connectivity index (χ3n) is 13.7. The van der Waals surface area contributed by atoms with Crippen molar-refractivity contribution >= 4 is 77.0 Å². The molecule has 0 fully saturated rings. The molecule has 3 aromatic heterocycles. The minimum absolute atomic E-state index is 0.0509. The van der Waals surface area contributed by atoms with Crippen LogP contribution in [0.1, 0.15) is 25.0 Å². The molecule has 4 heterocycles. The van der Waals surface area contributed by atoms with Gasteiger partial charge in [-0.05, 0) is 93.4 Å². The van der Waals surface area contributed by atoms with E-state index in [1.807, 2.05) is 0 Å². The van der Waals surface area contributed by atoms with Crippen LogP contribution in [0.2, 0.25) is 0 Å². The molecule has 0 atom stereocenters. The summed E-state index contributed by atoms with van der Waals surface area (Å²) in [5.41, 5.74) is 16.6. The molecule has 0 N–H and O–H groups in total. The van der Waals surface area contributed by atoms with Crippen LogP contribution in [0.25, 0.3) is 110 Å². The lowest BCUT2D eigenvalue weighted by Crippen LogP contribution is -2.14. The summed E-state index contributed by atoms with van der Waals surface area (Å²) in [5, 5.41) is 8.44. The van der Waals surface area contributed by atoms with Gasteiger partial charge in [0.05, 0.1) is 33.3 Å². The number of aromatic nitrogens is 4. The molecule has 4 nitrogen and oxygen atoms in total. The van der Waals surface area contributed by atoms with Crippen LogP contribution in [0.3, 0.4) is 0 Å². The summed E-state index contributed by atoms with van der Waals surface area (Å²) in [6.07, 6.45) is 0. The third kappa shape index (κ3) is 4.58. The van der Waals surface area contributed by atoms with Crippen LogP contribution >= 0.6 is 11.8 Å². The van der Waals surface area contributed by atoms with Gasteiger partial charge < -0.3 is 4.57 Å². The summed E-state index contributed by atoms with van der Waals surface area (Å²) in [6.45, 7) is 4.70. The normalized spacial score (nSPS) is 13.7. The van der Waals surface area contributed by atoms with Crippen molar-refractivity contribution in [3.8, 4) is 45.1 Å². The van der Waals surface area contributed by atoms with E-state index in [-0.39, 0.29) is 5.41 Å². The van der Waals surface area contributed by atoms with Crippen LogP contribution in [0.5, 0.6) is 0 Å². The number of hydrogen-bond acceptors (Lipinski definition) is 3. The highest BCUT2D eigenvalue weighted by Crippen LogP contribution is 2.51. The van der Waals surface area contributed by atoms with Gasteiger partial charge in [-0.2, -0.15) is 0 Å². The molecule has 14 rings (SSSR count). The molecule has 0 saturated carbocycles. The Kier molecular flexibility index (Phi) is 6.80. The van der Waals surface area contributed by atoms with E-state index in [0.717, 1.165) is 44.3 Å². The first-order valence-corrected chi connectivity index (χ1v) is 22.1. The Hall–Kier alpha value is -7.47. The van der Waals surface area contributed by atoms with E-state index in [9.17, 15) is 0 Å². The van der Waals surface area contributed by atoms with E-state index in [4.69, 9.17) is 9.97 Å². The first-order valence-electron chi connectivity index (χ1n) is 21.3. The fraction of sp³-hybridized carbons (Fsp3) is 0.0526. The van der Waals surface area contributed by atoms with Crippen molar-refractivity contribution in [2.75, 3.05) is 0 Å². The van der Waals surface area contributed by atoms with Gasteiger partial charge in [0.2, 0.25) is 5.95 Å². The summed E-state index contributed by atoms with van der Waals surface area (Å²) >= 11 is 1.80. The number of benzene rings is 9. The quantitative estimate of drug-likeness (QED) is 0.178. The largest absolute Gasteiger partial charge is 0.309 e. The van der Waals surface area contributed by atoms with Crippen molar-refractivity contribution in [1.82, 2.24) is 19.1 Å². The zero-order valence-corrected chi connectivity index (χ0v) is 34.8. The molecule has 0 radical (unpaired) electrons. The molecule has 12 aromatic rings. The molecule has 0 amide bonds. The smallest absolute Gasteiger partial charge is 0.235 e. The summed E-state index contributed by atoms with van der Waals surface area (Å²) in [7, 11) is 0. The lowest BCUT2D eigenvalue weighted by Gasteiger charge is -2.21. The summed E-state index contributed by atoms with van der Waals surface area (Å²) in [4.78, 5) is 13.1. The first kappa shape index (κ1) is 34.3. The summed E-state index contributed by atoms with van der Waals surface area (Å²) < 4.78 is 4.77. The average Bonchev–Trinajstić information content (AvgIpc) is 3.91. The van der Waals surface area contributed by atoms with Gasteiger partial charge in [-0.25, -0.2) is 9.97 Å². The maximum absolute atomic E-state index is 5.43. The second kappa shape index (κ2) is 12.3. The van der Waals surface area contributed by atoms with Crippen LogP contribution < -0.4 is 0 Å². The van der Waals surface area contributed by atoms with Gasteiger partial charge in [0.15, 0.2) is 0 Å². The number of para-hydroxylation sites is 1. The van der Waals surface area contributed by atoms with Crippen molar-refractivity contribution in [1.29, 1.82) is 0 Å². The van der Waals surface area contributed by atoms with Gasteiger partial charge in [-0.3, -0.25) is 4.57 Å². The van der Waals surface area contributed by atoms with Crippen LogP contribution in [0.15, 0.2) is 192 Å². The Labute approximate surface area is 361 Å². The third-order valence-corrected chi connectivity index (χ3v) is 14.9. The molecule has 5 heteroatoms. The molecule has 1 aliphatic heterocycles. The fourth-order valence-corrected chi connectivity index (χ4v) is 11.9. The van der Waals surface area contributed by atoms with Gasteiger partial charge in [-0.15, -0.1) is 0 Å². The Morgan fingerprint density at radius 1 is 0.452 bits per heavy atom. The van der Waals surface area contributed by atoms with Crippen molar-refractivity contribution < 1.29 is 0 Å². The highest BCUT2D eigenvalue weighted by molar-refractivity contribution is 7.99. The van der Waals surface area contributed by atoms with E-state index in [0.29, 0.717) is 5.95 Å². The monoisotopic (exact) mass is 808 g/mol. The van der Waals surface area contributed by atoms with E-state index in [2.05, 4.69) is 205 Å². The molecule has 0 unspecified atom stereocenters. The molecule has 0 spiro atoms. The van der Waals surface area contributed by atoms with Crippen molar-refractivity contribution in [2.24, 2.45) is 0 Å². The van der Waals surface area contributed by atoms with Crippen LogP contribution in [0, 0.1) is 0 Å². The van der Waals surface area contributed by atoms with Crippen LogP contribution in [0.4, 0.5) is 0 Å². The van der Waals surface area contributed by atoms with Crippen LogP contribution in [-0.4, -0.2) is 19.1 Å². The minimum Gasteiger partial charge on any atom is -0.309 e. The van der Waals surface area contributed by atoms with Gasteiger partial charge in [0.25, 0.3) is 0 Å². The number of fused-ring (bicyclic) bond motifs is 13. The Balaban J connectivity index is 0.991. The highest BCUT2D eigenvalue weighted by atomic mass is 32.2.